The van der Waals surface area contributed by atoms with E-state index in [-0.39, 0.29) is 11.8 Å². The van der Waals surface area contributed by atoms with Crippen molar-refractivity contribution in [3.8, 4) is 0 Å². The molecular formula is C10H17FN2O2. The Morgan fingerprint density at radius 2 is 2.27 bits per heavy atom. The summed E-state index contributed by atoms with van der Waals surface area (Å²) in [4.78, 5) is 24.6. The average Bonchev–Trinajstić information content (AvgIpc) is 2.37. The van der Waals surface area contributed by atoms with Crippen LogP contribution in [0.1, 0.15) is 26.2 Å². The van der Waals surface area contributed by atoms with Gasteiger partial charge >= 0.3 is 0 Å². The lowest BCUT2D eigenvalue weighted by Gasteiger charge is -2.22. The van der Waals surface area contributed by atoms with Crippen molar-refractivity contribution in [3.63, 3.8) is 0 Å². The molecule has 1 rings (SSSR count). The molecule has 0 radical (unpaired) electrons. The highest BCUT2D eigenvalue weighted by Gasteiger charge is 2.27. The van der Waals surface area contributed by atoms with Crippen LogP contribution in [0.3, 0.4) is 0 Å². The maximum atomic E-state index is 12.0. The summed E-state index contributed by atoms with van der Waals surface area (Å²) in [6.07, 6.45) is 1.24. The maximum absolute atomic E-state index is 12.0. The molecule has 2 amide bonds. The molecular weight excluding hydrogens is 199 g/mol. The van der Waals surface area contributed by atoms with E-state index in [1.165, 1.54) is 0 Å². The van der Waals surface area contributed by atoms with Gasteiger partial charge in [0.2, 0.25) is 11.8 Å². The molecule has 0 aromatic carbocycles. The Labute approximate surface area is 88.8 Å². The number of hydrogen-bond donors (Lipinski definition) is 1. The highest BCUT2D eigenvalue weighted by atomic mass is 19.1. The van der Waals surface area contributed by atoms with E-state index in [1.54, 1.807) is 4.90 Å². The zero-order valence-corrected chi connectivity index (χ0v) is 8.96. The van der Waals surface area contributed by atoms with Gasteiger partial charge in [-0.05, 0) is 12.8 Å². The van der Waals surface area contributed by atoms with Crippen LogP contribution < -0.4 is 5.32 Å². The Morgan fingerprint density at radius 1 is 1.53 bits per heavy atom. The number of carbonyl (C=O) groups excluding carboxylic acids is 2. The number of rotatable bonds is 4. The topological polar surface area (TPSA) is 49.4 Å². The first kappa shape index (κ1) is 11.9. The lowest BCUT2D eigenvalue weighted by atomic mass is 10.2. The second kappa shape index (κ2) is 5.68. The summed E-state index contributed by atoms with van der Waals surface area (Å²) in [5.74, 6) is -0.185. The van der Waals surface area contributed by atoms with E-state index < -0.39 is 12.7 Å². The van der Waals surface area contributed by atoms with Crippen molar-refractivity contribution >= 4 is 11.8 Å². The summed E-state index contributed by atoms with van der Waals surface area (Å²) < 4.78 is 12.0. The van der Waals surface area contributed by atoms with Crippen molar-refractivity contribution in [2.24, 2.45) is 0 Å². The average molecular weight is 216 g/mol. The van der Waals surface area contributed by atoms with E-state index in [9.17, 15) is 14.0 Å². The minimum atomic E-state index is -0.431. The number of amides is 2. The summed E-state index contributed by atoms with van der Waals surface area (Å²) in [5.41, 5.74) is 0. The van der Waals surface area contributed by atoms with Crippen LogP contribution >= 0.6 is 0 Å². The molecule has 4 nitrogen and oxygen atoms in total. The minimum Gasteiger partial charge on any atom is -0.344 e. The molecule has 1 unspecified atom stereocenters. The quantitative estimate of drug-likeness (QED) is 0.742. The summed E-state index contributed by atoms with van der Waals surface area (Å²) >= 11 is 0. The van der Waals surface area contributed by atoms with Gasteiger partial charge in [-0.3, -0.25) is 14.0 Å². The summed E-state index contributed by atoms with van der Waals surface area (Å²) in [5, 5.41) is 2.66. The molecule has 86 valence electrons. The monoisotopic (exact) mass is 216 g/mol. The molecule has 0 aliphatic carbocycles. The van der Waals surface area contributed by atoms with Gasteiger partial charge in [0, 0.05) is 19.5 Å². The van der Waals surface area contributed by atoms with E-state index in [0.717, 1.165) is 0 Å². The second-order valence-corrected chi connectivity index (χ2v) is 3.65. The second-order valence-electron chi connectivity index (χ2n) is 3.65. The Balaban J connectivity index is 2.62. The Hall–Kier alpha value is -1.13. The van der Waals surface area contributed by atoms with Gasteiger partial charge < -0.3 is 10.2 Å². The maximum Gasteiger partial charge on any atom is 0.245 e. The first-order valence-corrected chi connectivity index (χ1v) is 5.33. The van der Waals surface area contributed by atoms with Crippen LogP contribution in [0.2, 0.25) is 0 Å². The fourth-order valence-electron chi connectivity index (χ4n) is 1.64. The van der Waals surface area contributed by atoms with Crippen molar-refractivity contribution in [1.82, 2.24) is 10.2 Å². The van der Waals surface area contributed by atoms with Gasteiger partial charge in [-0.25, -0.2) is 0 Å². The van der Waals surface area contributed by atoms with E-state index in [4.69, 9.17) is 0 Å². The molecule has 0 aromatic rings. The predicted molar refractivity (Wildman–Crippen MR) is 54.0 cm³/mol. The number of alkyl halides is 1. The highest BCUT2D eigenvalue weighted by Crippen LogP contribution is 2.07. The van der Waals surface area contributed by atoms with E-state index in [2.05, 4.69) is 5.32 Å². The zero-order valence-electron chi connectivity index (χ0n) is 8.96. The van der Waals surface area contributed by atoms with Crippen LogP contribution in [-0.4, -0.2) is 42.5 Å². The number of halogens is 1. The summed E-state index contributed by atoms with van der Waals surface area (Å²) in [6.45, 7) is 2.23. The van der Waals surface area contributed by atoms with Gasteiger partial charge in [0.05, 0.1) is 6.67 Å². The van der Waals surface area contributed by atoms with E-state index >= 15 is 0 Å². The molecule has 0 aromatic heterocycles. The largest absolute Gasteiger partial charge is 0.344 e. The third-order valence-corrected chi connectivity index (χ3v) is 2.52. The number of hydrogen-bond acceptors (Lipinski definition) is 2. The molecule has 15 heavy (non-hydrogen) atoms. The van der Waals surface area contributed by atoms with Gasteiger partial charge in [-0.1, -0.05) is 6.92 Å². The smallest absolute Gasteiger partial charge is 0.245 e. The molecule has 1 saturated heterocycles. The molecule has 1 heterocycles. The molecule has 0 bridgehead atoms. The van der Waals surface area contributed by atoms with Crippen LogP contribution in [0.4, 0.5) is 4.39 Å². The Morgan fingerprint density at radius 3 is 2.87 bits per heavy atom. The first-order valence-electron chi connectivity index (χ1n) is 5.33. The summed E-state index contributed by atoms with van der Waals surface area (Å²) in [7, 11) is 0. The minimum absolute atomic E-state index is 0.0863. The van der Waals surface area contributed by atoms with Crippen molar-refractivity contribution in [3.05, 3.63) is 0 Å². The first-order chi connectivity index (χ1) is 7.19. The van der Waals surface area contributed by atoms with Crippen LogP contribution in [0.25, 0.3) is 0 Å². The molecule has 5 heteroatoms. The fourth-order valence-corrected chi connectivity index (χ4v) is 1.64. The summed E-state index contributed by atoms with van der Waals surface area (Å²) in [6, 6.07) is -0.431. The Kier molecular flexibility index (Phi) is 4.52. The van der Waals surface area contributed by atoms with Crippen molar-refractivity contribution in [2.75, 3.05) is 19.8 Å². The molecule has 1 aliphatic heterocycles. The number of nitrogens with one attached hydrogen (secondary N) is 1. The van der Waals surface area contributed by atoms with Crippen molar-refractivity contribution < 1.29 is 14.0 Å². The van der Waals surface area contributed by atoms with Gasteiger partial charge in [0.25, 0.3) is 0 Å². The van der Waals surface area contributed by atoms with Crippen LogP contribution in [0, 0.1) is 0 Å². The van der Waals surface area contributed by atoms with E-state index in [1.807, 2.05) is 6.92 Å². The van der Waals surface area contributed by atoms with Crippen molar-refractivity contribution in [1.29, 1.82) is 0 Å². The molecule has 1 aliphatic rings. The highest BCUT2D eigenvalue weighted by molar-refractivity contribution is 5.89. The standard InChI is InChI=1S/C10H17FN2O2/c1-2-8-10(15)13(6-3-5-11)7-4-9(14)12-8/h8H,2-7H2,1H3,(H,12,14). The van der Waals surface area contributed by atoms with Gasteiger partial charge in [0.15, 0.2) is 0 Å². The molecule has 0 saturated carbocycles. The Bertz CT molecular complexity index is 246. The third kappa shape index (κ3) is 3.18. The van der Waals surface area contributed by atoms with E-state index in [0.29, 0.717) is 32.4 Å². The number of nitrogens with zero attached hydrogens (tertiary/aromatic N) is 1. The number of carbonyl (C=O) groups is 2. The predicted octanol–water partition coefficient (Wildman–Crippen LogP) is 0.473. The van der Waals surface area contributed by atoms with Gasteiger partial charge in [-0.15, -0.1) is 0 Å². The molecule has 0 spiro atoms. The zero-order chi connectivity index (χ0) is 11.3. The van der Waals surface area contributed by atoms with Crippen molar-refractivity contribution in [2.45, 2.75) is 32.2 Å². The molecule has 1 atom stereocenters. The van der Waals surface area contributed by atoms with Crippen LogP contribution in [0.15, 0.2) is 0 Å². The molecule has 1 fully saturated rings. The van der Waals surface area contributed by atoms with Crippen LogP contribution in [-0.2, 0) is 9.59 Å². The lowest BCUT2D eigenvalue weighted by molar-refractivity contribution is -0.133. The SMILES string of the molecule is CCC1NC(=O)CCN(CCCF)C1=O. The van der Waals surface area contributed by atoms with Gasteiger partial charge in [-0.2, -0.15) is 0 Å². The normalized spacial score (nSPS) is 22.5. The lowest BCUT2D eigenvalue weighted by Crippen LogP contribution is -2.44. The van der Waals surface area contributed by atoms with Crippen LogP contribution in [0.5, 0.6) is 0 Å². The fraction of sp³-hybridized carbons (Fsp3) is 0.800. The molecule has 1 N–H and O–H groups in total. The van der Waals surface area contributed by atoms with Gasteiger partial charge in [0.1, 0.15) is 6.04 Å². The third-order valence-electron chi connectivity index (χ3n) is 2.52.